The smallest absolute Gasteiger partial charge is 0.394 e. The maximum atomic E-state index is 12.9. The van der Waals surface area contributed by atoms with E-state index in [2.05, 4.69) is 14.5 Å². The van der Waals surface area contributed by atoms with Crippen LogP contribution in [0.4, 0.5) is 0 Å². The normalized spacial score (nSPS) is 28.9. The lowest BCUT2D eigenvalue weighted by Crippen LogP contribution is -2.33. The summed E-state index contributed by atoms with van der Waals surface area (Å²) in [6, 6.07) is 0. The lowest BCUT2D eigenvalue weighted by molar-refractivity contribution is -0.0574. The average Bonchev–Trinajstić information content (AvgIpc) is 3.49. The minimum absolute atomic E-state index is 0.170. The Bertz CT molecular complexity index is 1630. The number of aliphatic hydroxyl groups is 1. The van der Waals surface area contributed by atoms with Crippen molar-refractivity contribution in [2.45, 2.75) is 63.6 Å². The van der Waals surface area contributed by atoms with E-state index >= 15 is 0 Å². The first-order chi connectivity index (χ1) is 19.6. The Balaban J connectivity index is 1.47. The summed E-state index contributed by atoms with van der Waals surface area (Å²) >= 11 is 0. The molecule has 2 aromatic heterocycles. The third kappa shape index (κ3) is 7.32. The van der Waals surface area contributed by atoms with E-state index in [1.54, 1.807) is 0 Å². The van der Waals surface area contributed by atoms with Crippen LogP contribution in [0.25, 0.3) is 0 Å². The van der Waals surface area contributed by atoms with Gasteiger partial charge in [0.2, 0.25) is 0 Å². The van der Waals surface area contributed by atoms with Gasteiger partial charge in [0.05, 0.1) is 13.2 Å². The molecule has 21 heteroatoms. The van der Waals surface area contributed by atoms with Gasteiger partial charge in [0, 0.05) is 43.5 Å². The van der Waals surface area contributed by atoms with E-state index in [0.29, 0.717) is 0 Å². The summed E-state index contributed by atoms with van der Waals surface area (Å²) in [5, 5.41) is 9.72. The van der Waals surface area contributed by atoms with Crippen molar-refractivity contribution in [3.05, 3.63) is 65.2 Å². The quantitative estimate of drug-likeness (QED) is 0.183. The minimum Gasteiger partial charge on any atom is -0.394 e. The molecule has 42 heavy (non-hydrogen) atoms. The number of phosphoric ester groups is 2. The van der Waals surface area contributed by atoms with E-state index in [1.165, 1.54) is 26.2 Å². The zero-order valence-corrected chi connectivity index (χ0v) is 24.3. The van der Waals surface area contributed by atoms with Gasteiger partial charge in [0.25, 0.3) is 11.1 Å². The Morgan fingerprint density at radius 2 is 1.31 bits per heavy atom. The number of rotatable bonds is 11. The fraction of sp³-hybridized carbons (Fsp3) is 0.619. The largest absolute Gasteiger partial charge is 0.472 e. The van der Waals surface area contributed by atoms with Crippen LogP contribution in [0.15, 0.2) is 31.6 Å². The second-order valence-corrected chi connectivity index (χ2v) is 12.5. The van der Waals surface area contributed by atoms with Gasteiger partial charge in [-0.15, -0.1) is 0 Å². The van der Waals surface area contributed by atoms with Crippen molar-refractivity contribution in [2.75, 3.05) is 20.3 Å². The Hall–Kier alpha value is -2.54. The Labute approximate surface area is 235 Å². The van der Waals surface area contributed by atoms with Crippen LogP contribution in [0, 0.1) is 13.8 Å². The SMILES string of the molecule is COP(=O)(O)OC1C[C@H](n2cc(C)c(=O)[nH]c2=O)O[C@@H]1COP(=O)(O)OC1C[C@H](n2cc(C)c(=O)[nH]c2=O)O[C@@H]1CO. The molecule has 0 aromatic carbocycles. The first-order valence-corrected chi connectivity index (χ1v) is 15.4. The van der Waals surface area contributed by atoms with Crippen LogP contribution in [0.2, 0.25) is 0 Å². The number of aryl methyl sites for hydroxylation is 2. The Morgan fingerprint density at radius 1 is 0.857 bits per heavy atom. The molecular formula is C21H30N4O15P2. The molecule has 0 aliphatic carbocycles. The molecule has 0 amide bonds. The highest BCUT2D eigenvalue weighted by Crippen LogP contribution is 2.51. The average molecular weight is 640 g/mol. The number of phosphoric acid groups is 2. The second kappa shape index (κ2) is 12.6. The number of aromatic amines is 2. The van der Waals surface area contributed by atoms with E-state index in [1.807, 2.05) is 0 Å². The number of ether oxygens (including phenoxy) is 2. The number of nitrogens with one attached hydrogen (secondary N) is 2. The van der Waals surface area contributed by atoms with Gasteiger partial charge in [-0.3, -0.25) is 46.8 Å². The number of aromatic nitrogens is 4. The van der Waals surface area contributed by atoms with Crippen LogP contribution < -0.4 is 22.5 Å². The van der Waals surface area contributed by atoms with Crippen LogP contribution in [0.3, 0.4) is 0 Å². The highest BCUT2D eigenvalue weighted by atomic mass is 31.2. The zero-order chi connectivity index (χ0) is 31.0. The van der Waals surface area contributed by atoms with Crippen LogP contribution >= 0.6 is 15.6 Å². The number of hydrogen-bond donors (Lipinski definition) is 5. The van der Waals surface area contributed by atoms with Gasteiger partial charge >= 0.3 is 27.0 Å². The molecule has 2 aliphatic heterocycles. The molecule has 2 fully saturated rings. The van der Waals surface area contributed by atoms with Gasteiger partial charge < -0.3 is 24.4 Å². The summed E-state index contributed by atoms with van der Waals surface area (Å²) in [6.07, 6.45) is -5.14. The van der Waals surface area contributed by atoms with Crippen molar-refractivity contribution in [1.29, 1.82) is 0 Å². The molecular weight excluding hydrogens is 610 g/mol. The molecule has 8 atom stereocenters. The van der Waals surface area contributed by atoms with Crippen LogP contribution in [-0.2, 0) is 36.7 Å². The summed E-state index contributed by atoms with van der Waals surface area (Å²) < 4.78 is 58.2. The summed E-state index contributed by atoms with van der Waals surface area (Å²) in [6.45, 7) is 1.50. The number of aliphatic hydroxyl groups excluding tert-OH is 1. The first kappa shape index (κ1) is 32.4. The van der Waals surface area contributed by atoms with Gasteiger partial charge in [0.15, 0.2) is 0 Å². The topological polar surface area (TPSA) is 260 Å². The van der Waals surface area contributed by atoms with Crippen molar-refractivity contribution >= 4 is 15.6 Å². The monoisotopic (exact) mass is 640 g/mol. The first-order valence-electron chi connectivity index (χ1n) is 12.4. The molecule has 0 radical (unpaired) electrons. The van der Waals surface area contributed by atoms with E-state index in [0.717, 1.165) is 16.2 Å². The van der Waals surface area contributed by atoms with Crippen molar-refractivity contribution in [1.82, 2.24) is 19.1 Å². The summed E-state index contributed by atoms with van der Waals surface area (Å²) in [5.41, 5.74) is -2.50. The van der Waals surface area contributed by atoms with E-state index < -0.39 is 88.2 Å². The molecule has 4 unspecified atom stereocenters. The van der Waals surface area contributed by atoms with Gasteiger partial charge in [0.1, 0.15) is 36.9 Å². The van der Waals surface area contributed by atoms with Gasteiger partial charge in [-0.25, -0.2) is 18.7 Å². The van der Waals surface area contributed by atoms with Crippen LogP contribution in [0.1, 0.15) is 36.4 Å². The fourth-order valence-corrected chi connectivity index (χ4v) is 6.07. The molecule has 0 bridgehead atoms. The van der Waals surface area contributed by atoms with Crippen molar-refractivity contribution in [2.24, 2.45) is 0 Å². The third-order valence-corrected chi connectivity index (χ3v) is 8.63. The predicted octanol–water partition coefficient (Wildman–Crippen LogP) is -1.09. The molecule has 0 spiro atoms. The summed E-state index contributed by atoms with van der Waals surface area (Å²) in [4.78, 5) is 72.5. The van der Waals surface area contributed by atoms with Gasteiger partial charge in [-0.1, -0.05) is 0 Å². The molecule has 4 heterocycles. The predicted molar refractivity (Wildman–Crippen MR) is 139 cm³/mol. The third-order valence-electron chi connectivity index (χ3n) is 6.62. The molecule has 5 N–H and O–H groups in total. The maximum absolute atomic E-state index is 12.9. The van der Waals surface area contributed by atoms with E-state index in [9.17, 15) is 43.2 Å². The second-order valence-electron chi connectivity index (χ2n) is 9.57. The highest BCUT2D eigenvalue weighted by molar-refractivity contribution is 7.47. The molecule has 234 valence electrons. The summed E-state index contributed by atoms with van der Waals surface area (Å²) in [7, 11) is -8.62. The van der Waals surface area contributed by atoms with Gasteiger partial charge in [-0.05, 0) is 13.8 Å². The molecule has 2 aliphatic rings. The Kier molecular flexibility index (Phi) is 9.71. The van der Waals surface area contributed by atoms with Gasteiger partial charge in [-0.2, -0.15) is 0 Å². The van der Waals surface area contributed by atoms with Crippen LogP contribution in [0.5, 0.6) is 0 Å². The number of H-pyrrole nitrogens is 2. The fourth-order valence-electron chi connectivity index (χ4n) is 4.46. The molecule has 4 rings (SSSR count). The standard InChI is InChI=1S/C21H30N4O15P2/c1-10-6-24(20(29)22-18(10)27)16-4-12(14(8-26)37-16)40-42(33,34)36-9-15-13(39-41(31,32)35-3)5-17(38-15)25-7-11(2)19(28)23-21(25)30/h6-7,12-17,26H,4-5,8-9H2,1-3H3,(H,31,32)(H,33,34)(H,22,27,29)(H,23,28,30)/t12?,13?,14-,15-,16-,17-/m1/s1. The Morgan fingerprint density at radius 3 is 1.79 bits per heavy atom. The maximum Gasteiger partial charge on any atom is 0.472 e. The number of nitrogens with zero attached hydrogens (tertiary/aromatic N) is 2. The molecule has 2 saturated heterocycles. The van der Waals surface area contributed by atoms with Crippen molar-refractivity contribution < 1.29 is 51.6 Å². The van der Waals surface area contributed by atoms with Crippen LogP contribution in [-0.4, -0.2) is 78.7 Å². The number of hydrogen-bond acceptors (Lipinski definition) is 13. The van der Waals surface area contributed by atoms with Crippen molar-refractivity contribution in [3.8, 4) is 0 Å². The minimum atomic E-state index is -4.94. The molecule has 0 saturated carbocycles. The molecule has 19 nitrogen and oxygen atoms in total. The van der Waals surface area contributed by atoms with E-state index in [4.69, 9.17) is 23.0 Å². The zero-order valence-electron chi connectivity index (χ0n) is 22.5. The molecule has 2 aromatic rings. The highest BCUT2D eigenvalue weighted by Gasteiger charge is 2.45. The van der Waals surface area contributed by atoms with Crippen molar-refractivity contribution in [3.63, 3.8) is 0 Å². The van der Waals surface area contributed by atoms with E-state index in [-0.39, 0.29) is 24.0 Å². The lowest BCUT2D eigenvalue weighted by Gasteiger charge is -2.23. The summed E-state index contributed by atoms with van der Waals surface area (Å²) in [5.74, 6) is 0. The lowest BCUT2D eigenvalue weighted by atomic mass is 10.2.